The largest absolute Gasteiger partial charge is 0.261 e. The Labute approximate surface area is 122 Å². The Hall–Kier alpha value is -2.76. The van der Waals surface area contributed by atoms with Gasteiger partial charge in [-0.05, 0) is 30.7 Å². The zero-order valence-electron chi connectivity index (χ0n) is 11.4. The molecule has 0 bridgehead atoms. The molecule has 0 saturated heterocycles. The van der Waals surface area contributed by atoms with Gasteiger partial charge in [0.15, 0.2) is 11.6 Å². The van der Waals surface area contributed by atoms with E-state index in [1.807, 2.05) is 36.4 Å². The van der Waals surface area contributed by atoms with Crippen molar-refractivity contribution in [1.29, 1.82) is 0 Å². The molecule has 0 N–H and O–H groups in total. The predicted octanol–water partition coefficient (Wildman–Crippen LogP) is 1.43. The second-order valence-corrected chi connectivity index (χ2v) is 4.55. The smallest absolute Gasteiger partial charge is 0.179 e. The van der Waals surface area contributed by atoms with Crippen molar-refractivity contribution in [3.8, 4) is 0 Å². The van der Waals surface area contributed by atoms with Crippen LogP contribution in [0.5, 0.6) is 0 Å². The van der Waals surface area contributed by atoms with E-state index in [4.69, 9.17) is 0 Å². The number of pyridine rings is 2. The third-order valence-electron chi connectivity index (χ3n) is 2.96. The number of aryl methyl sites for hydroxylation is 2. The van der Waals surface area contributed by atoms with E-state index in [0.29, 0.717) is 24.5 Å². The minimum Gasteiger partial charge on any atom is -0.261 e. The molecule has 0 amide bonds. The van der Waals surface area contributed by atoms with Crippen LogP contribution in [0.4, 0.5) is 0 Å². The van der Waals surface area contributed by atoms with Crippen molar-refractivity contribution in [3.05, 3.63) is 71.8 Å². The molecule has 3 aromatic heterocycles. The highest BCUT2D eigenvalue weighted by molar-refractivity contribution is 5.08. The first-order valence-corrected chi connectivity index (χ1v) is 6.75. The average Bonchev–Trinajstić information content (AvgIpc) is 2.56. The van der Waals surface area contributed by atoms with Crippen LogP contribution in [0.25, 0.3) is 0 Å². The molecule has 3 heterocycles. The Morgan fingerprint density at radius 2 is 1.24 bits per heavy atom. The van der Waals surface area contributed by atoms with Gasteiger partial charge in [-0.15, -0.1) is 20.4 Å². The van der Waals surface area contributed by atoms with Gasteiger partial charge < -0.3 is 0 Å². The lowest BCUT2D eigenvalue weighted by molar-refractivity contribution is 0.695. The third kappa shape index (κ3) is 3.85. The van der Waals surface area contributed by atoms with E-state index in [-0.39, 0.29) is 0 Å². The first-order chi connectivity index (χ1) is 10.4. The van der Waals surface area contributed by atoms with E-state index in [9.17, 15) is 0 Å². The highest BCUT2D eigenvalue weighted by Gasteiger charge is 2.04. The summed E-state index contributed by atoms with van der Waals surface area (Å²) in [6.07, 6.45) is 5.53. The molecule has 0 unspecified atom stereocenters. The summed E-state index contributed by atoms with van der Waals surface area (Å²) < 4.78 is 0. The van der Waals surface area contributed by atoms with E-state index in [2.05, 4.69) is 30.4 Å². The van der Waals surface area contributed by atoms with Crippen molar-refractivity contribution in [2.24, 2.45) is 0 Å². The van der Waals surface area contributed by atoms with Crippen molar-refractivity contribution in [3.63, 3.8) is 0 Å². The van der Waals surface area contributed by atoms with Gasteiger partial charge in [-0.25, -0.2) is 0 Å². The molecule has 0 spiro atoms. The van der Waals surface area contributed by atoms with Gasteiger partial charge in [0.1, 0.15) is 0 Å². The average molecular weight is 278 g/mol. The van der Waals surface area contributed by atoms with Crippen LogP contribution in [0, 0.1) is 0 Å². The Balaban J connectivity index is 1.59. The lowest BCUT2D eigenvalue weighted by Gasteiger charge is -2.00. The molecule has 6 heteroatoms. The number of rotatable bonds is 5. The summed E-state index contributed by atoms with van der Waals surface area (Å²) in [6, 6.07) is 11.6. The maximum Gasteiger partial charge on any atom is 0.179 e. The highest BCUT2D eigenvalue weighted by Crippen LogP contribution is 2.02. The van der Waals surface area contributed by atoms with E-state index >= 15 is 0 Å². The van der Waals surface area contributed by atoms with Crippen molar-refractivity contribution in [2.75, 3.05) is 0 Å². The predicted molar refractivity (Wildman–Crippen MR) is 76.3 cm³/mol. The van der Waals surface area contributed by atoms with Crippen LogP contribution >= 0.6 is 0 Å². The fraction of sp³-hybridized carbons (Fsp3) is 0.200. The topological polar surface area (TPSA) is 77.3 Å². The molecule has 0 atom stereocenters. The summed E-state index contributed by atoms with van der Waals surface area (Å²) in [5.41, 5.74) is 1.92. The second-order valence-electron chi connectivity index (χ2n) is 4.55. The van der Waals surface area contributed by atoms with Crippen LogP contribution in [-0.4, -0.2) is 30.4 Å². The number of hydrogen-bond donors (Lipinski definition) is 0. The summed E-state index contributed by atoms with van der Waals surface area (Å²) in [6.45, 7) is 0. The van der Waals surface area contributed by atoms with Crippen molar-refractivity contribution >= 4 is 0 Å². The molecular formula is C15H14N6. The van der Waals surface area contributed by atoms with E-state index in [1.165, 1.54) is 0 Å². The van der Waals surface area contributed by atoms with Gasteiger partial charge >= 0.3 is 0 Å². The Morgan fingerprint density at radius 3 is 1.86 bits per heavy atom. The Morgan fingerprint density at radius 1 is 0.619 bits per heavy atom. The van der Waals surface area contributed by atoms with Crippen LogP contribution in [0.15, 0.2) is 48.8 Å². The minimum absolute atomic E-state index is 0.543. The molecule has 0 aliphatic heterocycles. The highest BCUT2D eigenvalue weighted by atomic mass is 15.3. The molecule has 0 aliphatic rings. The Bertz CT molecular complexity index is 670. The molecule has 3 rings (SSSR count). The fourth-order valence-electron chi connectivity index (χ4n) is 1.89. The molecule has 0 radical (unpaired) electrons. The molecular weight excluding hydrogens is 264 g/mol. The summed E-state index contributed by atoms with van der Waals surface area (Å²) in [7, 11) is 0. The van der Waals surface area contributed by atoms with Crippen molar-refractivity contribution in [1.82, 2.24) is 30.4 Å². The van der Waals surface area contributed by atoms with E-state index < -0.39 is 0 Å². The maximum absolute atomic E-state index is 4.26. The van der Waals surface area contributed by atoms with E-state index in [0.717, 1.165) is 17.8 Å². The SMILES string of the molecule is c1ccc(CCc2nnc(Cc3ccccn3)nn2)nc1. The summed E-state index contributed by atoms with van der Waals surface area (Å²) in [4.78, 5) is 8.49. The number of nitrogens with zero attached hydrogens (tertiary/aromatic N) is 6. The second kappa shape index (κ2) is 6.60. The lowest BCUT2D eigenvalue weighted by atomic mass is 10.2. The monoisotopic (exact) mass is 278 g/mol. The molecule has 0 aromatic carbocycles. The third-order valence-corrected chi connectivity index (χ3v) is 2.96. The minimum atomic E-state index is 0.543. The molecule has 3 aromatic rings. The van der Waals surface area contributed by atoms with Crippen LogP contribution < -0.4 is 0 Å². The molecule has 0 aliphatic carbocycles. The van der Waals surface area contributed by atoms with Gasteiger partial charge in [-0.1, -0.05) is 12.1 Å². The molecule has 6 nitrogen and oxygen atoms in total. The number of aromatic nitrogens is 6. The zero-order valence-corrected chi connectivity index (χ0v) is 11.4. The van der Waals surface area contributed by atoms with Crippen LogP contribution in [0.2, 0.25) is 0 Å². The summed E-state index contributed by atoms with van der Waals surface area (Å²) >= 11 is 0. The summed E-state index contributed by atoms with van der Waals surface area (Å²) in [5, 5.41) is 16.4. The molecule has 0 fully saturated rings. The first kappa shape index (κ1) is 13.2. The van der Waals surface area contributed by atoms with Crippen LogP contribution in [-0.2, 0) is 19.3 Å². The normalized spacial score (nSPS) is 10.5. The lowest BCUT2D eigenvalue weighted by Crippen LogP contribution is -2.08. The molecule has 21 heavy (non-hydrogen) atoms. The fourth-order valence-corrected chi connectivity index (χ4v) is 1.89. The Kier molecular flexibility index (Phi) is 4.16. The van der Waals surface area contributed by atoms with Gasteiger partial charge in [0, 0.05) is 30.2 Å². The molecule has 104 valence electrons. The zero-order chi connectivity index (χ0) is 14.3. The molecule has 0 saturated carbocycles. The van der Waals surface area contributed by atoms with Gasteiger partial charge in [0.2, 0.25) is 0 Å². The van der Waals surface area contributed by atoms with Gasteiger partial charge in [0.05, 0.1) is 6.42 Å². The van der Waals surface area contributed by atoms with Gasteiger partial charge in [0.25, 0.3) is 0 Å². The number of hydrogen-bond acceptors (Lipinski definition) is 6. The van der Waals surface area contributed by atoms with Gasteiger partial charge in [-0.2, -0.15) is 0 Å². The van der Waals surface area contributed by atoms with Crippen molar-refractivity contribution in [2.45, 2.75) is 19.3 Å². The van der Waals surface area contributed by atoms with Gasteiger partial charge in [-0.3, -0.25) is 9.97 Å². The van der Waals surface area contributed by atoms with E-state index in [1.54, 1.807) is 12.4 Å². The standard InChI is InChI=1S/C15H14N6/c1-3-9-16-12(5-1)7-8-14-18-20-15(21-19-14)11-13-6-2-4-10-17-13/h1-6,9-10H,7-8,11H2. The van der Waals surface area contributed by atoms with Crippen LogP contribution in [0.1, 0.15) is 23.0 Å². The first-order valence-electron chi connectivity index (χ1n) is 6.75. The maximum atomic E-state index is 4.26. The van der Waals surface area contributed by atoms with Crippen molar-refractivity contribution < 1.29 is 0 Å². The quantitative estimate of drug-likeness (QED) is 0.702. The van der Waals surface area contributed by atoms with Crippen LogP contribution in [0.3, 0.4) is 0 Å². The summed E-state index contributed by atoms with van der Waals surface area (Å²) in [5.74, 6) is 1.21.